The maximum absolute atomic E-state index is 13.8. The van der Waals surface area contributed by atoms with Gasteiger partial charge in [0.25, 0.3) is 0 Å². The Morgan fingerprint density at radius 1 is 1.12 bits per heavy atom. The molecule has 0 aliphatic carbocycles. The zero-order valence-corrected chi connectivity index (χ0v) is 14.3. The number of aryl methyl sites for hydroxylation is 1. The number of anilines is 2. The van der Waals surface area contributed by atoms with Crippen molar-refractivity contribution in [2.24, 2.45) is 0 Å². The molecule has 0 spiro atoms. The van der Waals surface area contributed by atoms with Crippen molar-refractivity contribution < 1.29 is 18.7 Å². The zero-order valence-electron chi connectivity index (χ0n) is 14.3. The van der Waals surface area contributed by atoms with Gasteiger partial charge in [-0.3, -0.25) is 9.59 Å². The van der Waals surface area contributed by atoms with Gasteiger partial charge < -0.3 is 15.4 Å². The summed E-state index contributed by atoms with van der Waals surface area (Å²) >= 11 is 0. The van der Waals surface area contributed by atoms with Crippen LogP contribution in [0.1, 0.15) is 25.3 Å². The normalized spacial score (nSPS) is 10.2. The molecule has 0 unspecified atom stereocenters. The molecule has 0 heterocycles. The van der Waals surface area contributed by atoms with E-state index in [1.807, 2.05) is 31.2 Å². The maximum atomic E-state index is 13.8. The summed E-state index contributed by atoms with van der Waals surface area (Å²) in [6, 6.07) is 11.7. The second-order valence-electron chi connectivity index (χ2n) is 5.64. The van der Waals surface area contributed by atoms with Gasteiger partial charge in [-0.05, 0) is 43.2 Å². The quantitative estimate of drug-likeness (QED) is 0.749. The molecule has 2 N–H and O–H groups in total. The Labute approximate surface area is 146 Å². The Morgan fingerprint density at radius 3 is 2.60 bits per heavy atom. The number of benzene rings is 2. The smallest absolute Gasteiger partial charge is 0.224 e. The molecular weight excluding hydrogens is 323 g/mol. The third kappa shape index (κ3) is 5.91. The Kier molecular flexibility index (Phi) is 6.51. The van der Waals surface area contributed by atoms with E-state index in [1.165, 1.54) is 25.1 Å². The van der Waals surface area contributed by atoms with Crippen molar-refractivity contribution in [3.8, 4) is 5.75 Å². The lowest BCUT2D eigenvalue weighted by Crippen LogP contribution is -2.14. The van der Waals surface area contributed by atoms with Crippen LogP contribution in [0.5, 0.6) is 5.75 Å². The highest BCUT2D eigenvalue weighted by Gasteiger charge is 2.09. The van der Waals surface area contributed by atoms with Crippen molar-refractivity contribution in [1.82, 2.24) is 0 Å². The van der Waals surface area contributed by atoms with Gasteiger partial charge in [-0.1, -0.05) is 18.2 Å². The summed E-state index contributed by atoms with van der Waals surface area (Å²) in [5.74, 6) is -0.347. The van der Waals surface area contributed by atoms with Crippen molar-refractivity contribution in [3.63, 3.8) is 0 Å². The van der Waals surface area contributed by atoms with Gasteiger partial charge in [0.05, 0.1) is 12.3 Å². The van der Waals surface area contributed by atoms with Gasteiger partial charge in [-0.25, -0.2) is 4.39 Å². The number of nitrogens with one attached hydrogen (secondary N) is 2. The van der Waals surface area contributed by atoms with Crippen molar-refractivity contribution >= 4 is 23.2 Å². The van der Waals surface area contributed by atoms with Crippen LogP contribution in [0.3, 0.4) is 0 Å². The van der Waals surface area contributed by atoms with Gasteiger partial charge in [0.1, 0.15) is 11.6 Å². The van der Waals surface area contributed by atoms with Crippen LogP contribution < -0.4 is 15.4 Å². The SMILES string of the molecule is CC(=O)Nc1ccc(F)c(NC(=O)CCCOc2ccccc2C)c1. The van der Waals surface area contributed by atoms with Crippen LogP contribution in [-0.2, 0) is 9.59 Å². The topological polar surface area (TPSA) is 67.4 Å². The van der Waals surface area contributed by atoms with E-state index in [9.17, 15) is 14.0 Å². The lowest BCUT2D eigenvalue weighted by atomic mass is 10.2. The molecule has 25 heavy (non-hydrogen) atoms. The fourth-order valence-corrected chi connectivity index (χ4v) is 2.25. The van der Waals surface area contributed by atoms with Crippen molar-refractivity contribution in [2.45, 2.75) is 26.7 Å². The average molecular weight is 344 g/mol. The molecular formula is C19H21FN2O3. The fourth-order valence-electron chi connectivity index (χ4n) is 2.25. The Bertz CT molecular complexity index is 762. The number of rotatable bonds is 7. The fraction of sp³-hybridized carbons (Fsp3) is 0.263. The second-order valence-corrected chi connectivity index (χ2v) is 5.64. The molecule has 0 aliphatic rings. The first-order valence-corrected chi connectivity index (χ1v) is 8.01. The third-order valence-corrected chi connectivity index (χ3v) is 3.46. The van der Waals surface area contributed by atoms with Crippen LogP contribution in [0.25, 0.3) is 0 Å². The molecule has 0 radical (unpaired) electrons. The van der Waals surface area contributed by atoms with Gasteiger partial charge in [0, 0.05) is 19.0 Å². The number of para-hydroxylation sites is 1. The van der Waals surface area contributed by atoms with Crippen LogP contribution in [0, 0.1) is 12.7 Å². The molecule has 132 valence electrons. The summed E-state index contributed by atoms with van der Waals surface area (Å²) in [5, 5.41) is 5.06. The highest BCUT2D eigenvalue weighted by molar-refractivity contribution is 5.93. The number of halogens is 1. The largest absolute Gasteiger partial charge is 0.493 e. The van der Waals surface area contributed by atoms with E-state index >= 15 is 0 Å². The van der Waals surface area contributed by atoms with Gasteiger partial charge in [-0.2, -0.15) is 0 Å². The molecule has 0 saturated heterocycles. The third-order valence-electron chi connectivity index (χ3n) is 3.46. The first-order chi connectivity index (χ1) is 12.0. The summed E-state index contributed by atoms with van der Waals surface area (Å²) in [6.45, 7) is 3.70. The number of carbonyl (C=O) groups is 2. The molecule has 0 fully saturated rings. The zero-order chi connectivity index (χ0) is 18.2. The molecule has 0 bridgehead atoms. The summed E-state index contributed by atoms with van der Waals surface area (Å²) in [4.78, 5) is 23.0. The number of carbonyl (C=O) groups excluding carboxylic acids is 2. The molecule has 0 aliphatic heterocycles. The number of hydrogen-bond acceptors (Lipinski definition) is 3. The minimum atomic E-state index is -0.557. The number of ether oxygens (including phenoxy) is 1. The molecule has 0 atom stereocenters. The first kappa shape index (κ1) is 18.4. The van der Waals surface area contributed by atoms with E-state index in [2.05, 4.69) is 10.6 Å². The summed E-state index contributed by atoms with van der Waals surface area (Å²) in [5.41, 5.74) is 1.49. The predicted octanol–water partition coefficient (Wildman–Crippen LogP) is 3.89. The lowest BCUT2D eigenvalue weighted by molar-refractivity contribution is -0.116. The van der Waals surface area contributed by atoms with Crippen molar-refractivity contribution in [1.29, 1.82) is 0 Å². The van der Waals surface area contributed by atoms with Crippen molar-refractivity contribution in [3.05, 3.63) is 53.8 Å². The maximum Gasteiger partial charge on any atom is 0.224 e. The number of hydrogen-bond donors (Lipinski definition) is 2. The highest BCUT2D eigenvalue weighted by Crippen LogP contribution is 2.20. The van der Waals surface area contributed by atoms with Gasteiger partial charge in [0.2, 0.25) is 11.8 Å². The molecule has 0 saturated carbocycles. The monoisotopic (exact) mass is 344 g/mol. The molecule has 2 amide bonds. The van der Waals surface area contributed by atoms with Crippen LogP contribution in [0.4, 0.5) is 15.8 Å². The Morgan fingerprint density at radius 2 is 1.88 bits per heavy atom. The van der Waals surface area contributed by atoms with Crippen LogP contribution >= 0.6 is 0 Å². The van der Waals surface area contributed by atoms with E-state index in [1.54, 1.807) is 0 Å². The van der Waals surface area contributed by atoms with Gasteiger partial charge in [-0.15, -0.1) is 0 Å². The van der Waals surface area contributed by atoms with Crippen LogP contribution in [0.15, 0.2) is 42.5 Å². The van der Waals surface area contributed by atoms with Crippen LogP contribution in [-0.4, -0.2) is 18.4 Å². The summed E-state index contributed by atoms with van der Waals surface area (Å²) in [7, 11) is 0. The Balaban J connectivity index is 1.82. The van der Waals surface area contributed by atoms with Crippen LogP contribution in [0.2, 0.25) is 0 Å². The lowest BCUT2D eigenvalue weighted by Gasteiger charge is -2.10. The molecule has 2 rings (SSSR count). The Hall–Kier alpha value is -2.89. The molecule has 0 aromatic heterocycles. The molecule has 5 nitrogen and oxygen atoms in total. The second kappa shape index (κ2) is 8.82. The molecule has 2 aromatic rings. The van der Waals surface area contributed by atoms with Gasteiger partial charge in [0.15, 0.2) is 0 Å². The van der Waals surface area contributed by atoms with E-state index in [4.69, 9.17) is 4.74 Å². The van der Waals surface area contributed by atoms with E-state index in [-0.39, 0.29) is 23.9 Å². The minimum Gasteiger partial charge on any atom is -0.493 e. The summed E-state index contributed by atoms with van der Waals surface area (Å²) in [6.07, 6.45) is 0.711. The van der Waals surface area contributed by atoms with Gasteiger partial charge >= 0.3 is 0 Å². The molecule has 2 aromatic carbocycles. The standard InChI is InChI=1S/C19H21FN2O3/c1-13-6-3-4-7-18(13)25-11-5-8-19(24)22-17-12-15(21-14(2)23)9-10-16(17)20/h3-4,6-7,9-10,12H,5,8,11H2,1-2H3,(H,21,23)(H,22,24). The first-order valence-electron chi connectivity index (χ1n) is 8.01. The van der Waals surface area contributed by atoms with E-state index in [0.29, 0.717) is 18.7 Å². The highest BCUT2D eigenvalue weighted by atomic mass is 19.1. The number of amides is 2. The van der Waals surface area contributed by atoms with E-state index < -0.39 is 5.82 Å². The van der Waals surface area contributed by atoms with E-state index in [0.717, 1.165) is 11.3 Å². The molecule has 6 heteroatoms. The minimum absolute atomic E-state index is 0.0380. The average Bonchev–Trinajstić information content (AvgIpc) is 2.56. The predicted molar refractivity (Wildman–Crippen MR) is 95.2 cm³/mol. The van der Waals surface area contributed by atoms with Crippen molar-refractivity contribution in [2.75, 3.05) is 17.2 Å². The summed E-state index contributed by atoms with van der Waals surface area (Å²) < 4.78 is 19.4.